The van der Waals surface area contributed by atoms with Crippen LogP contribution in [0.15, 0.2) is 59.6 Å². The summed E-state index contributed by atoms with van der Waals surface area (Å²) in [5.74, 6) is 0.911. The fourth-order valence-corrected chi connectivity index (χ4v) is 1.95. The smallest absolute Gasteiger partial charge is 0.345 e. The van der Waals surface area contributed by atoms with E-state index < -0.39 is 0 Å². The molecule has 1 heterocycles. The van der Waals surface area contributed by atoms with E-state index in [1.54, 1.807) is 12.1 Å². The van der Waals surface area contributed by atoms with Gasteiger partial charge in [-0.05, 0) is 34.7 Å². The second-order valence-electron chi connectivity index (χ2n) is 4.52. The molecule has 0 aliphatic heterocycles. The summed E-state index contributed by atoms with van der Waals surface area (Å²) in [6.07, 6.45) is 0. The number of aromatic nitrogens is 4. The molecule has 0 amide bonds. The lowest BCUT2D eigenvalue weighted by Gasteiger charge is -2.08. The summed E-state index contributed by atoms with van der Waals surface area (Å²) in [6.45, 7) is 0. The molecule has 0 bridgehead atoms. The van der Waals surface area contributed by atoms with Crippen molar-refractivity contribution in [3.63, 3.8) is 0 Å². The molecular weight excluding hydrogens is 316 g/mol. The van der Waals surface area contributed by atoms with Gasteiger partial charge in [0, 0.05) is 0 Å². The van der Waals surface area contributed by atoms with Gasteiger partial charge in [-0.1, -0.05) is 35.4 Å². The maximum atomic E-state index is 5.80. The minimum Gasteiger partial charge on any atom is -0.421 e. The van der Waals surface area contributed by atoms with Crippen LogP contribution >= 0.6 is 11.6 Å². The van der Waals surface area contributed by atoms with Crippen molar-refractivity contribution in [1.29, 1.82) is 0 Å². The number of para-hydroxylation sites is 3. The van der Waals surface area contributed by atoms with Crippen molar-refractivity contribution in [3.05, 3.63) is 54.6 Å². The Morgan fingerprint density at radius 2 is 1.87 bits per heavy atom. The molecule has 2 aromatic carbocycles. The highest BCUT2D eigenvalue weighted by atomic mass is 35.5. The quantitative estimate of drug-likeness (QED) is 0.441. The third-order valence-electron chi connectivity index (χ3n) is 2.91. The average Bonchev–Trinajstić information content (AvgIpc) is 3.05. The number of aliphatic imine (C=N–C) groups is 1. The highest BCUT2D eigenvalue weighted by molar-refractivity contribution is 6.28. The topological polar surface area (TPSA) is 91.2 Å². The number of hydrogen-bond acceptors (Lipinski definition) is 5. The van der Waals surface area contributed by atoms with Gasteiger partial charge in [-0.2, -0.15) is 4.68 Å². The molecule has 1 aromatic heterocycles. The molecule has 0 aliphatic rings. The molecule has 2 N–H and O–H groups in total. The number of benzene rings is 2. The van der Waals surface area contributed by atoms with Gasteiger partial charge < -0.3 is 10.5 Å². The van der Waals surface area contributed by atoms with Gasteiger partial charge in [0.1, 0.15) is 11.5 Å². The Morgan fingerprint density at radius 1 is 1.13 bits per heavy atom. The number of amidine groups is 1. The zero-order chi connectivity index (χ0) is 16.1. The third-order valence-corrected chi connectivity index (χ3v) is 3.18. The maximum Gasteiger partial charge on any atom is 0.345 e. The lowest BCUT2D eigenvalue weighted by Crippen LogP contribution is -2.12. The van der Waals surface area contributed by atoms with Gasteiger partial charge in [-0.15, -0.1) is 11.6 Å². The molecular formula is C15H13ClN6O. The van der Waals surface area contributed by atoms with Gasteiger partial charge in [0.15, 0.2) is 5.75 Å². The van der Waals surface area contributed by atoms with Crippen molar-refractivity contribution in [2.45, 2.75) is 0 Å². The number of tetrazole rings is 1. The SMILES string of the molecule is NC(CCl)=Nc1ccccc1Oc1nnnn1-c1ccccc1. The van der Waals surface area contributed by atoms with E-state index in [9.17, 15) is 0 Å². The van der Waals surface area contributed by atoms with Gasteiger partial charge in [-0.3, -0.25) is 0 Å². The van der Waals surface area contributed by atoms with Crippen LogP contribution in [-0.2, 0) is 0 Å². The van der Waals surface area contributed by atoms with E-state index in [-0.39, 0.29) is 11.9 Å². The molecule has 7 nitrogen and oxygen atoms in total. The van der Waals surface area contributed by atoms with Crippen molar-refractivity contribution in [3.8, 4) is 17.4 Å². The third kappa shape index (κ3) is 3.46. The normalized spacial score (nSPS) is 11.4. The van der Waals surface area contributed by atoms with Gasteiger partial charge in [0.2, 0.25) is 0 Å². The number of rotatable bonds is 5. The molecule has 0 radical (unpaired) electrons. The van der Waals surface area contributed by atoms with E-state index in [2.05, 4.69) is 20.5 Å². The van der Waals surface area contributed by atoms with Gasteiger partial charge in [0.25, 0.3) is 0 Å². The molecule has 3 rings (SSSR count). The standard InChI is InChI=1S/C15H13ClN6O/c16-10-14(17)18-12-8-4-5-9-13(12)23-15-19-20-21-22(15)11-6-2-1-3-7-11/h1-9H,10H2,(H2,17,18). The molecule has 8 heteroatoms. The first-order chi connectivity index (χ1) is 11.3. The number of hydrogen-bond donors (Lipinski definition) is 1. The molecule has 3 aromatic rings. The molecule has 0 fully saturated rings. The van der Waals surface area contributed by atoms with Crippen LogP contribution in [0.25, 0.3) is 5.69 Å². The fourth-order valence-electron chi connectivity index (χ4n) is 1.89. The number of halogens is 1. The summed E-state index contributed by atoms with van der Waals surface area (Å²) in [7, 11) is 0. The Balaban J connectivity index is 1.94. The zero-order valence-electron chi connectivity index (χ0n) is 12.0. The van der Waals surface area contributed by atoms with Crippen molar-refractivity contribution in [1.82, 2.24) is 20.2 Å². The molecule has 0 saturated carbocycles. The van der Waals surface area contributed by atoms with E-state index >= 15 is 0 Å². The number of nitrogens with zero attached hydrogens (tertiary/aromatic N) is 5. The van der Waals surface area contributed by atoms with Crippen LogP contribution in [-0.4, -0.2) is 31.9 Å². The van der Waals surface area contributed by atoms with Crippen LogP contribution in [0.2, 0.25) is 0 Å². The summed E-state index contributed by atoms with van der Waals surface area (Å²) in [4.78, 5) is 4.22. The first-order valence-electron chi connectivity index (χ1n) is 6.77. The Labute approximate surface area is 137 Å². The van der Waals surface area contributed by atoms with Crippen molar-refractivity contribution in [2.75, 3.05) is 5.88 Å². The first-order valence-corrected chi connectivity index (χ1v) is 7.31. The van der Waals surface area contributed by atoms with Crippen molar-refractivity contribution < 1.29 is 4.74 Å². The number of nitrogens with two attached hydrogens (primary N) is 1. The second-order valence-corrected chi connectivity index (χ2v) is 4.78. The van der Waals surface area contributed by atoms with E-state index in [1.807, 2.05) is 42.5 Å². The largest absolute Gasteiger partial charge is 0.421 e. The van der Waals surface area contributed by atoms with Gasteiger partial charge >= 0.3 is 6.01 Å². The average molecular weight is 329 g/mol. The minimum atomic E-state index is 0.135. The Hall–Kier alpha value is -2.93. The predicted molar refractivity (Wildman–Crippen MR) is 87.7 cm³/mol. The summed E-state index contributed by atoms with van der Waals surface area (Å²) < 4.78 is 7.29. The monoisotopic (exact) mass is 328 g/mol. The zero-order valence-corrected chi connectivity index (χ0v) is 12.8. The molecule has 23 heavy (non-hydrogen) atoms. The summed E-state index contributed by atoms with van der Waals surface area (Å²) in [6, 6.07) is 16.8. The Morgan fingerprint density at radius 3 is 2.65 bits per heavy atom. The predicted octanol–water partition coefficient (Wildman–Crippen LogP) is 2.68. The first kappa shape index (κ1) is 15.0. The molecule has 0 aliphatic carbocycles. The summed E-state index contributed by atoms with van der Waals surface area (Å²) >= 11 is 5.67. The van der Waals surface area contributed by atoms with Crippen LogP contribution < -0.4 is 10.5 Å². The maximum absolute atomic E-state index is 5.80. The van der Waals surface area contributed by atoms with Gasteiger partial charge in [0.05, 0.1) is 11.6 Å². The van der Waals surface area contributed by atoms with Crippen molar-refractivity contribution in [2.24, 2.45) is 10.7 Å². The molecule has 0 spiro atoms. The lowest BCUT2D eigenvalue weighted by molar-refractivity contribution is 0.428. The van der Waals surface area contributed by atoms with Crippen LogP contribution in [0.5, 0.6) is 11.8 Å². The van der Waals surface area contributed by atoms with E-state index in [1.165, 1.54) is 4.68 Å². The van der Waals surface area contributed by atoms with E-state index in [0.29, 0.717) is 17.3 Å². The molecule has 116 valence electrons. The number of ether oxygens (including phenoxy) is 1. The van der Waals surface area contributed by atoms with Crippen LogP contribution in [0.3, 0.4) is 0 Å². The lowest BCUT2D eigenvalue weighted by atomic mass is 10.3. The fraction of sp³-hybridized carbons (Fsp3) is 0.0667. The Kier molecular flexibility index (Phi) is 4.49. The summed E-state index contributed by atoms with van der Waals surface area (Å²) in [5, 5.41) is 11.5. The molecule has 0 saturated heterocycles. The molecule has 0 unspecified atom stereocenters. The Bertz CT molecular complexity index is 818. The highest BCUT2D eigenvalue weighted by Crippen LogP contribution is 2.31. The second kappa shape index (κ2) is 6.89. The van der Waals surface area contributed by atoms with Crippen LogP contribution in [0.1, 0.15) is 0 Å². The van der Waals surface area contributed by atoms with E-state index in [4.69, 9.17) is 22.1 Å². The van der Waals surface area contributed by atoms with Crippen LogP contribution in [0, 0.1) is 0 Å². The van der Waals surface area contributed by atoms with E-state index in [0.717, 1.165) is 5.69 Å². The van der Waals surface area contributed by atoms with Crippen molar-refractivity contribution >= 4 is 23.1 Å². The highest BCUT2D eigenvalue weighted by Gasteiger charge is 2.12. The minimum absolute atomic E-state index is 0.135. The molecule has 0 atom stereocenters. The van der Waals surface area contributed by atoms with Crippen LogP contribution in [0.4, 0.5) is 5.69 Å². The summed E-state index contributed by atoms with van der Waals surface area (Å²) in [5.41, 5.74) is 7.02. The number of alkyl halides is 1. The van der Waals surface area contributed by atoms with Gasteiger partial charge in [-0.25, -0.2) is 4.99 Å².